The van der Waals surface area contributed by atoms with Crippen molar-refractivity contribution >= 4 is 22.4 Å². The van der Waals surface area contributed by atoms with E-state index >= 15 is 0 Å². The molecule has 0 bridgehead atoms. The van der Waals surface area contributed by atoms with E-state index in [4.69, 9.17) is 0 Å². The number of fused-ring (bicyclic) bond motifs is 1. The fourth-order valence-electron chi connectivity index (χ4n) is 2.01. The first-order valence-corrected chi connectivity index (χ1v) is 6.13. The van der Waals surface area contributed by atoms with Gasteiger partial charge in [0.15, 0.2) is 0 Å². The molecular formula is C15H14N4. The topological polar surface area (TPSA) is 50.7 Å². The summed E-state index contributed by atoms with van der Waals surface area (Å²) >= 11 is 0. The van der Waals surface area contributed by atoms with Crippen molar-refractivity contribution in [2.75, 3.05) is 5.32 Å². The summed E-state index contributed by atoms with van der Waals surface area (Å²) in [6.45, 7) is 4.02. The van der Waals surface area contributed by atoms with Gasteiger partial charge in [0, 0.05) is 17.6 Å². The third-order valence-electron chi connectivity index (χ3n) is 2.94. The van der Waals surface area contributed by atoms with Crippen molar-refractivity contribution in [1.29, 1.82) is 0 Å². The van der Waals surface area contributed by atoms with Crippen molar-refractivity contribution in [3.63, 3.8) is 0 Å². The Morgan fingerprint density at radius 1 is 1.00 bits per heavy atom. The third-order valence-corrected chi connectivity index (χ3v) is 2.94. The highest BCUT2D eigenvalue weighted by Crippen LogP contribution is 2.22. The predicted molar refractivity (Wildman–Crippen MR) is 76.5 cm³/mol. The first kappa shape index (κ1) is 11.6. The second-order valence-corrected chi connectivity index (χ2v) is 4.56. The molecule has 94 valence electrons. The van der Waals surface area contributed by atoms with Gasteiger partial charge in [-0.05, 0) is 37.6 Å². The Balaban J connectivity index is 2.06. The standard InChI is InChI=1S/C15H14N4/c1-10-4-3-5-12(6-10)19-15-13-8-16-11(2)7-14(13)17-9-18-15/h3-9H,1-2H3,(H,17,18,19). The molecule has 4 nitrogen and oxygen atoms in total. The van der Waals surface area contributed by atoms with Crippen LogP contribution in [0, 0.1) is 13.8 Å². The van der Waals surface area contributed by atoms with E-state index in [0.717, 1.165) is 28.1 Å². The van der Waals surface area contributed by atoms with E-state index in [1.807, 2.05) is 31.3 Å². The molecule has 0 aliphatic carbocycles. The Bertz CT molecular complexity index is 737. The molecule has 0 atom stereocenters. The second-order valence-electron chi connectivity index (χ2n) is 4.56. The van der Waals surface area contributed by atoms with Crippen molar-refractivity contribution in [2.24, 2.45) is 0 Å². The van der Waals surface area contributed by atoms with Gasteiger partial charge >= 0.3 is 0 Å². The maximum Gasteiger partial charge on any atom is 0.143 e. The fourth-order valence-corrected chi connectivity index (χ4v) is 2.01. The van der Waals surface area contributed by atoms with E-state index < -0.39 is 0 Å². The number of nitrogens with zero attached hydrogens (tertiary/aromatic N) is 3. The number of benzene rings is 1. The molecule has 3 rings (SSSR count). The van der Waals surface area contributed by atoms with Crippen molar-refractivity contribution in [1.82, 2.24) is 15.0 Å². The van der Waals surface area contributed by atoms with Crippen LogP contribution in [0.15, 0.2) is 42.9 Å². The highest BCUT2D eigenvalue weighted by molar-refractivity contribution is 5.89. The van der Waals surface area contributed by atoms with Gasteiger partial charge in [-0.3, -0.25) is 4.98 Å². The van der Waals surface area contributed by atoms with Gasteiger partial charge in [0.25, 0.3) is 0 Å². The van der Waals surface area contributed by atoms with Crippen LogP contribution in [0.25, 0.3) is 10.9 Å². The predicted octanol–water partition coefficient (Wildman–Crippen LogP) is 3.39. The number of pyridine rings is 1. The fraction of sp³-hybridized carbons (Fsp3) is 0.133. The molecule has 0 aliphatic rings. The van der Waals surface area contributed by atoms with Crippen molar-refractivity contribution in [3.05, 3.63) is 54.1 Å². The Morgan fingerprint density at radius 3 is 2.74 bits per heavy atom. The van der Waals surface area contributed by atoms with Crippen LogP contribution in [0.2, 0.25) is 0 Å². The highest BCUT2D eigenvalue weighted by atomic mass is 15.0. The zero-order valence-electron chi connectivity index (χ0n) is 10.9. The van der Waals surface area contributed by atoms with Crippen LogP contribution < -0.4 is 5.32 Å². The lowest BCUT2D eigenvalue weighted by Gasteiger charge is -2.08. The third kappa shape index (κ3) is 2.38. The van der Waals surface area contributed by atoms with Crippen LogP contribution in [0.1, 0.15) is 11.3 Å². The summed E-state index contributed by atoms with van der Waals surface area (Å²) in [5.74, 6) is 0.781. The lowest BCUT2D eigenvalue weighted by molar-refractivity contribution is 1.17. The van der Waals surface area contributed by atoms with Crippen LogP contribution in [0.5, 0.6) is 0 Å². The molecule has 0 amide bonds. The lowest BCUT2D eigenvalue weighted by Crippen LogP contribution is -1.97. The minimum Gasteiger partial charge on any atom is -0.340 e. The maximum atomic E-state index is 4.31. The molecule has 3 aromatic rings. The monoisotopic (exact) mass is 250 g/mol. The smallest absolute Gasteiger partial charge is 0.143 e. The maximum absolute atomic E-state index is 4.31. The normalized spacial score (nSPS) is 10.6. The minimum absolute atomic E-state index is 0.781. The summed E-state index contributed by atoms with van der Waals surface area (Å²) in [5.41, 5.74) is 4.07. The molecule has 19 heavy (non-hydrogen) atoms. The summed E-state index contributed by atoms with van der Waals surface area (Å²) in [5, 5.41) is 4.24. The number of aryl methyl sites for hydroxylation is 2. The second kappa shape index (κ2) is 4.65. The van der Waals surface area contributed by atoms with E-state index in [9.17, 15) is 0 Å². The number of hydrogen-bond acceptors (Lipinski definition) is 4. The molecule has 0 saturated carbocycles. The molecule has 1 aromatic carbocycles. The number of anilines is 2. The molecule has 0 saturated heterocycles. The van der Waals surface area contributed by atoms with Gasteiger partial charge in [-0.1, -0.05) is 12.1 Å². The average Bonchev–Trinajstić information content (AvgIpc) is 2.38. The summed E-state index contributed by atoms with van der Waals surface area (Å²) in [4.78, 5) is 12.9. The molecule has 0 unspecified atom stereocenters. The van der Waals surface area contributed by atoms with Gasteiger partial charge in [-0.15, -0.1) is 0 Å². The Hall–Kier alpha value is -2.49. The zero-order chi connectivity index (χ0) is 13.2. The van der Waals surface area contributed by atoms with Crippen molar-refractivity contribution < 1.29 is 0 Å². The molecule has 0 spiro atoms. The Kier molecular flexibility index (Phi) is 2.83. The van der Waals surface area contributed by atoms with Crippen LogP contribution in [0.4, 0.5) is 11.5 Å². The van der Waals surface area contributed by atoms with Gasteiger partial charge in [0.2, 0.25) is 0 Å². The molecule has 4 heteroatoms. The first-order chi connectivity index (χ1) is 9.22. The largest absolute Gasteiger partial charge is 0.340 e. The Morgan fingerprint density at radius 2 is 1.89 bits per heavy atom. The van der Waals surface area contributed by atoms with Gasteiger partial charge in [0.1, 0.15) is 12.1 Å². The molecular weight excluding hydrogens is 236 g/mol. The summed E-state index contributed by atoms with van der Waals surface area (Å²) < 4.78 is 0. The average molecular weight is 250 g/mol. The zero-order valence-corrected chi connectivity index (χ0v) is 10.9. The molecule has 0 radical (unpaired) electrons. The van der Waals surface area contributed by atoms with Crippen LogP contribution in [0.3, 0.4) is 0 Å². The number of hydrogen-bond donors (Lipinski definition) is 1. The van der Waals surface area contributed by atoms with Gasteiger partial charge in [-0.2, -0.15) is 0 Å². The highest BCUT2D eigenvalue weighted by Gasteiger charge is 2.04. The SMILES string of the molecule is Cc1cccc(Nc2ncnc3cc(C)ncc23)c1. The molecule has 2 aromatic heterocycles. The number of aromatic nitrogens is 3. The van der Waals surface area contributed by atoms with E-state index in [0.29, 0.717) is 0 Å². The molecule has 2 heterocycles. The molecule has 0 aliphatic heterocycles. The van der Waals surface area contributed by atoms with Crippen molar-refractivity contribution in [3.8, 4) is 0 Å². The summed E-state index contributed by atoms with van der Waals surface area (Å²) in [6, 6.07) is 10.1. The van der Waals surface area contributed by atoms with Gasteiger partial charge in [-0.25, -0.2) is 9.97 Å². The lowest BCUT2D eigenvalue weighted by atomic mass is 10.2. The summed E-state index contributed by atoms with van der Waals surface area (Å²) in [7, 11) is 0. The van der Waals surface area contributed by atoms with Gasteiger partial charge < -0.3 is 5.32 Å². The van der Waals surface area contributed by atoms with E-state index in [1.54, 1.807) is 6.33 Å². The van der Waals surface area contributed by atoms with Crippen LogP contribution in [-0.2, 0) is 0 Å². The van der Waals surface area contributed by atoms with Crippen LogP contribution in [-0.4, -0.2) is 15.0 Å². The van der Waals surface area contributed by atoms with Crippen molar-refractivity contribution in [2.45, 2.75) is 13.8 Å². The molecule has 1 N–H and O–H groups in total. The number of rotatable bonds is 2. The van der Waals surface area contributed by atoms with Gasteiger partial charge in [0.05, 0.1) is 10.9 Å². The van der Waals surface area contributed by atoms with E-state index in [1.165, 1.54) is 5.56 Å². The van der Waals surface area contributed by atoms with E-state index in [2.05, 4.69) is 39.3 Å². The Labute approximate surface area is 111 Å². The quantitative estimate of drug-likeness (QED) is 0.757. The summed E-state index contributed by atoms with van der Waals surface area (Å²) in [6.07, 6.45) is 3.38. The molecule has 0 fully saturated rings. The first-order valence-electron chi connectivity index (χ1n) is 6.13. The minimum atomic E-state index is 0.781. The van der Waals surface area contributed by atoms with Crippen LogP contribution >= 0.6 is 0 Å². The van der Waals surface area contributed by atoms with E-state index in [-0.39, 0.29) is 0 Å². The number of nitrogens with one attached hydrogen (secondary N) is 1.